The summed E-state index contributed by atoms with van der Waals surface area (Å²) < 4.78 is 31.6. The summed E-state index contributed by atoms with van der Waals surface area (Å²) in [5, 5.41) is 6.59. The zero-order valence-electron chi connectivity index (χ0n) is 10.3. The Balaban J connectivity index is 2.34. The monoisotopic (exact) mass is 293 g/mol. The van der Waals surface area contributed by atoms with Gasteiger partial charge in [0.15, 0.2) is 0 Å². The van der Waals surface area contributed by atoms with Crippen LogP contribution >= 0.6 is 11.6 Å². The molecule has 102 valence electrons. The molecule has 0 aromatic carbocycles. The molecule has 0 amide bonds. The fraction of sp³-hybridized carbons (Fsp3) is 0.700. The summed E-state index contributed by atoms with van der Waals surface area (Å²) in [6.07, 6.45) is 0.675. The average Bonchev–Trinajstić information content (AvgIpc) is 2.95. The van der Waals surface area contributed by atoms with Gasteiger partial charge in [-0.25, -0.2) is 8.42 Å². The molecule has 0 radical (unpaired) electrons. The second-order valence-electron chi connectivity index (χ2n) is 4.27. The van der Waals surface area contributed by atoms with Gasteiger partial charge in [-0.3, -0.25) is 5.10 Å². The molecule has 1 atom stereocenters. The van der Waals surface area contributed by atoms with Crippen LogP contribution in [-0.2, 0) is 20.6 Å². The molecule has 1 saturated heterocycles. The maximum Gasteiger partial charge on any atom is 0.246 e. The highest BCUT2D eigenvalue weighted by atomic mass is 35.5. The average molecular weight is 294 g/mol. The summed E-state index contributed by atoms with van der Waals surface area (Å²) in [5.74, 6) is 0.0699. The number of H-pyrrole nitrogens is 1. The first kappa shape index (κ1) is 13.8. The van der Waals surface area contributed by atoms with Crippen LogP contribution in [-0.4, -0.2) is 49.2 Å². The van der Waals surface area contributed by atoms with Crippen LogP contribution in [0.2, 0.25) is 0 Å². The number of ether oxygens (including phenoxy) is 1. The largest absolute Gasteiger partial charge is 0.380 e. The summed E-state index contributed by atoms with van der Waals surface area (Å²) in [6.45, 7) is 2.53. The first-order valence-electron chi connectivity index (χ1n) is 5.63. The Bertz CT molecular complexity index is 528. The molecule has 1 aliphatic rings. The van der Waals surface area contributed by atoms with Crippen molar-refractivity contribution in [3.63, 3.8) is 0 Å². The maximum absolute atomic E-state index is 12.5. The van der Waals surface area contributed by atoms with E-state index >= 15 is 0 Å². The number of halogens is 1. The molecule has 1 N–H and O–H groups in total. The van der Waals surface area contributed by atoms with Gasteiger partial charge in [0.1, 0.15) is 4.90 Å². The van der Waals surface area contributed by atoms with Gasteiger partial charge in [-0.2, -0.15) is 9.40 Å². The van der Waals surface area contributed by atoms with Gasteiger partial charge in [0.05, 0.1) is 23.4 Å². The fourth-order valence-corrected chi connectivity index (χ4v) is 4.23. The summed E-state index contributed by atoms with van der Waals surface area (Å²) >= 11 is 5.72. The first-order chi connectivity index (χ1) is 8.50. The molecule has 1 fully saturated rings. The van der Waals surface area contributed by atoms with Crippen LogP contribution in [0.15, 0.2) is 4.90 Å². The zero-order valence-corrected chi connectivity index (χ0v) is 11.9. The van der Waals surface area contributed by atoms with E-state index in [-0.39, 0.29) is 16.9 Å². The molecule has 1 aliphatic heterocycles. The molecule has 0 aliphatic carbocycles. The summed E-state index contributed by atoms with van der Waals surface area (Å²) in [5.41, 5.74) is 0.890. The highest BCUT2D eigenvalue weighted by Gasteiger charge is 2.35. The fourth-order valence-electron chi connectivity index (χ4n) is 2.14. The number of alkyl halides is 1. The van der Waals surface area contributed by atoms with E-state index in [1.165, 1.54) is 4.31 Å². The molecule has 0 spiro atoms. The minimum atomic E-state index is -3.54. The topological polar surface area (TPSA) is 75.3 Å². The van der Waals surface area contributed by atoms with Gasteiger partial charge in [0.25, 0.3) is 0 Å². The van der Waals surface area contributed by atoms with Crippen LogP contribution in [0.3, 0.4) is 0 Å². The van der Waals surface area contributed by atoms with E-state index in [4.69, 9.17) is 16.3 Å². The Morgan fingerprint density at radius 1 is 1.61 bits per heavy atom. The van der Waals surface area contributed by atoms with E-state index in [0.717, 1.165) is 0 Å². The lowest BCUT2D eigenvalue weighted by Crippen LogP contribution is -2.30. The van der Waals surface area contributed by atoms with Crippen LogP contribution in [0.5, 0.6) is 0 Å². The second-order valence-corrected chi connectivity index (χ2v) is 6.41. The molecule has 18 heavy (non-hydrogen) atoms. The molecule has 6 nitrogen and oxygen atoms in total. The van der Waals surface area contributed by atoms with E-state index in [2.05, 4.69) is 10.2 Å². The van der Waals surface area contributed by atoms with Crippen molar-refractivity contribution in [2.24, 2.45) is 0 Å². The van der Waals surface area contributed by atoms with Gasteiger partial charge in [-0.05, 0) is 13.3 Å². The Morgan fingerprint density at radius 3 is 2.89 bits per heavy atom. The number of hydrogen-bond donors (Lipinski definition) is 1. The second kappa shape index (κ2) is 5.16. The van der Waals surface area contributed by atoms with E-state index in [1.807, 2.05) is 0 Å². The van der Waals surface area contributed by atoms with Crippen molar-refractivity contribution >= 4 is 21.6 Å². The third-order valence-corrected chi connectivity index (χ3v) is 5.45. The number of sulfonamides is 1. The van der Waals surface area contributed by atoms with Crippen molar-refractivity contribution in [2.45, 2.75) is 30.2 Å². The van der Waals surface area contributed by atoms with E-state index in [0.29, 0.717) is 30.9 Å². The van der Waals surface area contributed by atoms with Gasteiger partial charge in [-0.15, -0.1) is 11.6 Å². The molecule has 0 saturated carbocycles. The lowest BCUT2D eigenvalue weighted by Gasteiger charge is -2.16. The summed E-state index contributed by atoms with van der Waals surface area (Å²) in [4.78, 5) is 0.203. The third kappa shape index (κ3) is 2.27. The highest BCUT2D eigenvalue weighted by molar-refractivity contribution is 7.89. The van der Waals surface area contributed by atoms with Crippen LogP contribution < -0.4 is 0 Å². The van der Waals surface area contributed by atoms with Crippen LogP contribution in [0.1, 0.15) is 17.8 Å². The van der Waals surface area contributed by atoms with Crippen molar-refractivity contribution in [1.29, 1.82) is 0 Å². The molecule has 1 aromatic heterocycles. The Hall–Kier alpha value is -0.630. The van der Waals surface area contributed by atoms with Crippen molar-refractivity contribution < 1.29 is 13.2 Å². The summed E-state index contributed by atoms with van der Waals surface area (Å²) in [6, 6.07) is 0. The molecule has 1 aromatic rings. The zero-order chi connectivity index (χ0) is 13.3. The van der Waals surface area contributed by atoms with Gasteiger partial charge < -0.3 is 4.74 Å². The lowest BCUT2D eigenvalue weighted by molar-refractivity contribution is 0.115. The Labute approximate surface area is 111 Å². The smallest absolute Gasteiger partial charge is 0.246 e. The van der Waals surface area contributed by atoms with Gasteiger partial charge in [-0.1, -0.05) is 0 Å². The summed E-state index contributed by atoms with van der Waals surface area (Å²) in [7, 11) is -1.95. The molecule has 2 heterocycles. The number of nitrogens with one attached hydrogen (secondary N) is 1. The molecular formula is C10H16ClN3O3S. The maximum atomic E-state index is 12.5. The van der Waals surface area contributed by atoms with E-state index < -0.39 is 10.0 Å². The number of methoxy groups -OCH3 is 1. The van der Waals surface area contributed by atoms with Crippen LogP contribution in [0.4, 0.5) is 0 Å². The van der Waals surface area contributed by atoms with Gasteiger partial charge in [0, 0.05) is 20.2 Å². The molecule has 0 bridgehead atoms. The van der Waals surface area contributed by atoms with E-state index in [1.54, 1.807) is 14.0 Å². The minimum Gasteiger partial charge on any atom is -0.380 e. The number of aromatic amines is 1. The SMILES string of the molecule is COC1CCN(S(=O)(=O)c2c(CCl)n[nH]c2C)C1. The quantitative estimate of drug-likeness (QED) is 0.836. The van der Waals surface area contributed by atoms with Crippen molar-refractivity contribution in [1.82, 2.24) is 14.5 Å². The molecule has 1 unspecified atom stereocenters. The number of hydrogen-bond acceptors (Lipinski definition) is 4. The predicted molar refractivity (Wildman–Crippen MR) is 67.1 cm³/mol. The Morgan fingerprint density at radius 2 is 2.33 bits per heavy atom. The molecule has 8 heteroatoms. The molecule has 2 rings (SSSR count). The van der Waals surface area contributed by atoms with Gasteiger partial charge >= 0.3 is 0 Å². The number of rotatable bonds is 4. The Kier molecular flexibility index (Phi) is 3.96. The predicted octanol–water partition coefficient (Wildman–Crippen LogP) is 0.866. The van der Waals surface area contributed by atoms with Crippen molar-refractivity contribution in [3.8, 4) is 0 Å². The molecular weight excluding hydrogens is 278 g/mol. The highest BCUT2D eigenvalue weighted by Crippen LogP contribution is 2.26. The number of aryl methyl sites for hydroxylation is 1. The third-order valence-electron chi connectivity index (χ3n) is 3.13. The standard InChI is InChI=1S/C10H16ClN3O3S/c1-7-10(9(5-11)13-12-7)18(15,16)14-4-3-8(6-14)17-2/h8H,3-6H2,1-2H3,(H,12,13). The lowest BCUT2D eigenvalue weighted by atomic mass is 10.3. The van der Waals surface area contributed by atoms with Crippen LogP contribution in [0.25, 0.3) is 0 Å². The van der Waals surface area contributed by atoms with Crippen molar-refractivity contribution in [3.05, 3.63) is 11.4 Å². The normalized spacial score (nSPS) is 21.6. The van der Waals surface area contributed by atoms with Crippen LogP contribution in [0, 0.1) is 6.92 Å². The minimum absolute atomic E-state index is 0.0357. The van der Waals surface area contributed by atoms with Crippen molar-refractivity contribution in [2.75, 3.05) is 20.2 Å². The number of aromatic nitrogens is 2. The van der Waals surface area contributed by atoms with Gasteiger partial charge in [0.2, 0.25) is 10.0 Å². The first-order valence-corrected chi connectivity index (χ1v) is 7.61. The number of nitrogens with zero attached hydrogens (tertiary/aromatic N) is 2. The van der Waals surface area contributed by atoms with E-state index in [9.17, 15) is 8.42 Å².